The van der Waals surface area contributed by atoms with Gasteiger partial charge in [0.2, 0.25) is 0 Å². The molecule has 0 radical (unpaired) electrons. The lowest BCUT2D eigenvalue weighted by atomic mass is 9.89. The molecular formula is C21H26N2O2S. The van der Waals surface area contributed by atoms with Crippen molar-refractivity contribution in [2.75, 3.05) is 12.4 Å². The molecular weight excluding hydrogens is 344 g/mol. The molecule has 0 saturated carbocycles. The highest BCUT2D eigenvalue weighted by atomic mass is 32.1. The van der Waals surface area contributed by atoms with E-state index in [1.54, 1.807) is 7.11 Å². The summed E-state index contributed by atoms with van der Waals surface area (Å²) in [5, 5.41) is 7.34. The topological polar surface area (TPSA) is 42.5 Å². The van der Waals surface area contributed by atoms with Crippen LogP contribution in [-0.4, -0.2) is 17.8 Å². The van der Waals surface area contributed by atoms with Crippen molar-refractivity contribution in [1.82, 2.24) is 5.32 Å². The van der Waals surface area contributed by atoms with Crippen molar-refractivity contribution in [3.05, 3.63) is 53.1 Å². The molecule has 26 heavy (non-hydrogen) atoms. The number of ether oxygens (including phenoxy) is 2. The number of hydrogen-bond donors (Lipinski definition) is 2. The van der Waals surface area contributed by atoms with Gasteiger partial charge >= 0.3 is 0 Å². The van der Waals surface area contributed by atoms with Gasteiger partial charge < -0.3 is 20.1 Å². The van der Waals surface area contributed by atoms with Gasteiger partial charge in [0.25, 0.3) is 0 Å². The van der Waals surface area contributed by atoms with Crippen molar-refractivity contribution in [2.24, 2.45) is 0 Å². The number of nitrogens with one attached hydrogen (secondary N) is 2. The van der Waals surface area contributed by atoms with E-state index in [0.717, 1.165) is 29.2 Å². The summed E-state index contributed by atoms with van der Waals surface area (Å²) in [5.74, 6) is 1.68. The van der Waals surface area contributed by atoms with Crippen molar-refractivity contribution < 1.29 is 9.47 Å². The molecule has 138 valence electrons. The SMILES string of the molecule is COc1ccc2c(c1)C(NC(=S)Nc1ccc(C)c(C)c1)CC(C)(C)O2. The molecule has 0 fully saturated rings. The van der Waals surface area contributed by atoms with Crippen molar-refractivity contribution >= 4 is 23.0 Å². The normalized spacial score (nSPS) is 17.7. The molecule has 2 aromatic carbocycles. The Hall–Kier alpha value is -2.27. The van der Waals surface area contributed by atoms with Crippen LogP contribution in [0.5, 0.6) is 11.5 Å². The summed E-state index contributed by atoms with van der Waals surface area (Å²) in [6, 6.07) is 12.2. The molecule has 4 nitrogen and oxygen atoms in total. The summed E-state index contributed by atoms with van der Waals surface area (Å²) in [7, 11) is 1.67. The van der Waals surface area contributed by atoms with Gasteiger partial charge in [-0.15, -0.1) is 0 Å². The summed E-state index contributed by atoms with van der Waals surface area (Å²) in [6.07, 6.45) is 0.807. The van der Waals surface area contributed by atoms with Crippen molar-refractivity contribution in [2.45, 2.75) is 45.8 Å². The molecule has 0 saturated heterocycles. The molecule has 0 aliphatic carbocycles. The molecule has 3 rings (SSSR count). The lowest BCUT2D eigenvalue weighted by Crippen LogP contribution is -2.42. The first kappa shape index (κ1) is 18.5. The van der Waals surface area contributed by atoms with Crippen LogP contribution in [-0.2, 0) is 0 Å². The average Bonchev–Trinajstić information content (AvgIpc) is 2.57. The lowest BCUT2D eigenvalue weighted by Gasteiger charge is -2.38. The molecule has 0 bridgehead atoms. The molecule has 0 aromatic heterocycles. The maximum atomic E-state index is 6.12. The second kappa shape index (κ2) is 7.16. The number of thiocarbonyl (C=S) groups is 1. The first-order chi connectivity index (χ1) is 12.3. The third-order valence-corrected chi connectivity index (χ3v) is 4.96. The molecule has 1 atom stereocenters. The number of anilines is 1. The van der Waals surface area contributed by atoms with Gasteiger partial charge in [-0.25, -0.2) is 0 Å². The van der Waals surface area contributed by atoms with Crippen LogP contribution in [0.4, 0.5) is 5.69 Å². The van der Waals surface area contributed by atoms with Gasteiger partial charge in [-0.2, -0.15) is 0 Å². The predicted molar refractivity (Wildman–Crippen MR) is 110 cm³/mol. The van der Waals surface area contributed by atoms with E-state index in [9.17, 15) is 0 Å². The van der Waals surface area contributed by atoms with Crippen LogP contribution < -0.4 is 20.1 Å². The number of hydrogen-bond acceptors (Lipinski definition) is 3. The van der Waals surface area contributed by atoms with Crippen LogP contribution in [0.25, 0.3) is 0 Å². The quantitative estimate of drug-likeness (QED) is 0.752. The molecule has 1 aliphatic heterocycles. The second-order valence-corrected chi connectivity index (χ2v) is 7.83. The molecule has 2 N–H and O–H groups in total. The zero-order chi connectivity index (χ0) is 18.9. The minimum absolute atomic E-state index is 0.0513. The van der Waals surface area contributed by atoms with E-state index < -0.39 is 0 Å². The summed E-state index contributed by atoms with van der Waals surface area (Å²) in [5.41, 5.74) is 4.28. The summed E-state index contributed by atoms with van der Waals surface area (Å²) >= 11 is 5.56. The van der Waals surface area contributed by atoms with E-state index in [-0.39, 0.29) is 11.6 Å². The highest BCUT2D eigenvalue weighted by Crippen LogP contribution is 2.41. The van der Waals surface area contributed by atoms with Gasteiger partial charge in [0.15, 0.2) is 5.11 Å². The fourth-order valence-electron chi connectivity index (χ4n) is 3.23. The van der Waals surface area contributed by atoms with Gasteiger partial charge in [-0.1, -0.05) is 6.07 Å². The van der Waals surface area contributed by atoms with Crippen molar-refractivity contribution in [1.29, 1.82) is 0 Å². The average molecular weight is 371 g/mol. The number of benzene rings is 2. The van der Waals surface area contributed by atoms with Gasteiger partial charge in [0.1, 0.15) is 17.1 Å². The van der Waals surface area contributed by atoms with Gasteiger partial charge in [0.05, 0.1) is 13.2 Å². The summed E-state index contributed by atoms with van der Waals surface area (Å²) < 4.78 is 11.5. The van der Waals surface area contributed by atoms with Crippen LogP contribution >= 0.6 is 12.2 Å². The minimum Gasteiger partial charge on any atom is -0.497 e. The van der Waals surface area contributed by atoms with E-state index in [2.05, 4.69) is 50.5 Å². The van der Waals surface area contributed by atoms with E-state index in [0.29, 0.717) is 5.11 Å². The number of methoxy groups -OCH3 is 1. The zero-order valence-electron chi connectivity index (χ0n) is 16.0. The first-order valence-electron chi connectivity index (χ1n) is 8.79. The number of aryl methyl sites for hydroxylation is 2. The Morgan fingerprint density at radius 2 is 1.92 bits per heavy atom. The number of rotatable bonds is 3. The highest BCUT2D eigenvalue weighted by molar-refractivity contribution is 7.80. The Morgan fingerprint density at radius 3 is 2.62 bits per heavy atom. The molecule has 1 unspecified atom stereocenters. The first-order valence-corrected chi connectivity index (χ1v) is 9.20. The Balaban J connectivity index is 1.79. The maximum Gasteiger partial charge on any atom is 0.171 e. The standard InChI is InChI=1S/C21H26N2O2S/c1-13-6-7-15(10-14(13)2)22-20(26)23-18-12-21(3,4)25-19-9-8-16(24-5)11-17(18)19/h6-11,18H,12H2,1-5H3,(H2,22,23,26). The van der Waals surface area contributed by atoms with Gasteiger partial charge in [0, 0.05) is 17.7 Å². The van der Waals surface area contributed by atoms with E-state index >= 15 is 0 Å². The zero-order valence-corrected chi connectivity index (χ0v) is 16.8. The molecule has 2 aromatic rings. The third-order valence-electron chi connectivity index (χ3n) is 4.74. The second-order valence-electron chi connectivity index (χ2n) is 7.42. The third kappa shape index (κ3) is 4.10. The van der Waals surface area contributed by atoms with Gasteiger partial charge in [-0.3, -0.25) is 0 Å². The van der Waals surface area contributed by atoms with E-state index in [1.807, 2.05) is 24.3 Å². The van der Waals surface area contributed by atoms with Crippen LogP contribution in [0.2, 0.25) is 0 Å². The van der Waals surface area contributed by atoms with Gasteiger partial charge in [-0.05, 0) is 81.4 Å². The summed E-state index contributed by atoms with van der Waals surface area (Å²) in [4.78, 5) is 0. The fraction of sp³-hybridized carbons (Fsp3) is 0.381. The Labute approximate surface area is 160 Å². The lowest BCUT2D eigenvalue weighted by molar-refractivity contribution is 0.0695. The molecule has 1 aliphatic rings. The smallest absolute Gasteiger partial charge is 0.171 e. The minimum atomic E-state index is -0.269. The largest absolute Gasteiger partial charge is 0.497 e. The Morgan fingerprint density at radius 1 is 1.15 bits per heavy atom. The van der Waals surface area contributed by atoms with E-state index in [4.69, 9.17) is 21.7 Å². The van der Waals surface area contributed by atoms with Crippen LogP contribution in [0.3, 0.4) is 0 Å². The fourth-order valence-corrected chi connectivity index (χ4v) is 3.49. The molecule has 5 heteroatoms. The van der Waals surface area contributed by atoms with Crippen molar-refractivity contribution in [3.8, 4) is 11.5 Å². The Kier molecular flexibility index (Phi) is 5.10. The Bertz CT molecular complexity index is 833. The van der Waals surface area contributed by atoms with Crippen LogP contribution in [0, 0.1) is 13.8 Å². The van der Waals surface area contributed by atoms with Crippen LogP contribution in [0.15, 0.2) is 36.4 Å². The van der Waals surface area contributed by atoms with E-state index in [1.165, 1.54) is 11.1 Å². The summed E-state index contributed by atoms with van der Waals surface area (Å²) in [6.45, 7) is 8.38. The molecule has 1 heterocycles. The molecule has 0 amide bonds. The predicted octanol–water partition coefficient (Wildman–Crippen LogP) is 4.90. The molecule has 0 spiro atoms. The number of fused-ring (bicyclic) bond motifs is 1. The van der Waals surface area contributed by atoms with Crippen molar-refractivity contribution in [3.63, 3.8) is 0 Å². The highest BCUT2D eigenvalue weighted by Gasteiger charge is 2.34. The maximum absolute atomic E-state index is 6.12. The monoisotopic (exact) mass is 370 g/mol. The van der Waals surface area contributed by atoms with Crippen LogP contribution in [0.1, 0.15) is 43.0 Å².